The van der Waals surface area contributed by atoms with Crippen LogP contribution in [0.15, 0.2) is 11.4 Å². The summed E-state index contributed by atoms with van der Waals surface area (Å²) in [7, 11) is -3.05. The van der Waals surface area contributed by atoms with Crippen molar-refractivity contribution in [3.63, 3.8) is 0 Å². The van der Waals surface area contributed by atoms with Crippen LogP contribution in [0, 0.1) is 0 Å². The summed E-state index contributed by atoms with van der Waals surface area (Å²) in [6.07, 6.45) is 1.16. The maximum absolute atomic E-state index is 10.9. The Labute approximate surface area is 91.4 Å². The predicted octanol–water partition coefficient (Wildman–Crippen LogP) is 2.73. The molecule has 13 heavy (non-hydrogen) atoms. The van der Waals surface area contributed by atoms with Gasteiger partial charge in [-0.3, -0.25) is 0 Å². The van der Waals surface area contributed by atoms with E-state index in [1.165, 1.54) is 11.3 Å². The highest BCUT2D eigenvalue weighted by Crippen LogP contribution is 2.33. The molecule has 1 atom stereocenters. The Hall–Kier alpha value is 0.230. The van der Waals surface area contributed by atoms with Gasteiger partial charge in [-0.2, -0.15) is 0 Å². The fourth-order valence-corrected chi connectivity index (χ4v) is 3.85. The van der Waals surface area contributed by atoms with Crippen LogP contribution in [0.25, 0.3) is 0 Å². The Bertz CT molecular complexity index is 383. The van der Waals surface area contributed by atoms with Gasteiger partial charge in [0.25, 0.3) is 0 Å². The summed E-state index contributed by atoms with van der Waals surface area (Å²) in [5, 5.41) is 1.78. The van der Waals surface area contributed by atoms with Gasteiger partial charge in [0.15, 0.2) is 0 Å². The highest BCUT2D eigenvalue weighted by molar-refractivity contribution is 7.90. The summed E-state index contributed by atoms with van der Waals surface area (Å²) >= 11 is 13.0. The van der Waals surface area contributed by atoms with Crippen LogP contribution < -0.4 is 0 Å². The summed E-state index contributed by atoms with van der Waals surface area (Å²) in [4.78, 5) is 0.716. The Morgan fingerprint density at radius 3 is 2.62 bits per heavy atom. The maximum atomic E-state index is 10.9. The summed E-state index contributed by atoms with van der Waals surface area (Å²) in [6.45, 7) is 0. The van der Waals surface area contributed by atoms with Gasteiger partial charge in [0.1, 0.15) is 9.84 Å². The molecule has 0 aromatic carbocycles. The minimum atomic E-state index is -3.05. The molecule has 1 aromatic heterocycles. The number of alkyl halides is 1. The molecule has 0 bridgehead atoms. The van der Waals surface area contributed by atoms with Gasteiger partial charge in [-0.1, -0.05) is 11.6 Å². The van der Waals surface area contributed by atoms with Crippen molar-refractivity contribution in [2.45, 2.75) is 5.38 Å². The average molecular weight is 259 g/mol. The molecule has 1 rings (SSSR count). The number of sulfone groups is 1. The minimum absolute atomic E-state index is 0.0746. The molecule has 1 heterocycles. The molecule has 2 nitrogen and oxygen atoms in total. The van der Waals surface area contributed by atoms with Gasteiger partial charge in [0.2, 0.25) is 0 Å². The SMILES string of the molecule is CS(=O)(=O)CC(Cl)c1sccc1Cl. The van der Waals surface area contributed by atoms with E-state index in [-0.39, 0.29) is 5.75 Å². The zero-order valence-corrected chi connectivity index (χ0v) is 9.97. The topological polar surface area (TPSA) is 34.1 Å². The molecule has 0 saturated heterocycles. The molecular weight excluding hydrogens is 251 g/mol. The molecular formula is C7H8Cl2O2S2. The van der Waals surface area contributed by atoms with Crippen LogP contribution >= 0.6 is 34.5 Å². The lowest BCUT2D eigenvalue weighted by Gasteiger charge is -2.05. The molecule has 1 aromatic rings. The van der Waals surface area contributed by atoms with Crippen LogP contribution in [0.4, 0.5) is 0 Å². The van der Waals surface area contributed by atoms with Crippen molar-refractivity contribution in [3.8, 4) is 0 Å². The highest BCUT2D eigenvalue weighted by atomic mass is 35.5. The van der Waals surface area contributed by atoms with Crippen molar-refractivity contribution in [1.82, 2.24) is 0 Å². The molecule has 0 radical (unpaired) electrons. The van der Waals surface area contributed by atoms with Crippen molar-refractivity contribution in [2.24, 2.45) is 0 Å². The Balaban J connectivity index is 2.81. The highest BCUT2D eigenvalue weighted by Gasteiger charge is 2.18. The quantitative estimate of drug-likeness (QED) is 0.782. The largest absolute Gasteiger partial charge is 0.229 e. The van der Waals surface area contributed by atoms with E-state index in [1.54, 1.807) is 11.4 Å². The summed E-state index contributed by atoms with van der Waals surface area (Å²) in [6, 6.07) is 1.71. The van der Waals surface area contributed by atoms with Crippen molar-refractivity contribution in [3.05, 3.63) is 21.3 Å². The summed E-state index contributed by atoms with van der Waals surface area (Å²) < 4.78 is 21.9. The second-order valence-corrected chi connectivity index (χ2v) is 6.76. The molecule has 0 fully saturated rings. The molecule has 0 aliphatic heterocycles. The zero-order valence-electron chi connectivity index (χ0n) is 6.83. The van der Waals surface area contributed by atoms with Crippen LogP contribution in [0.3, 0.4) is 0 Å². The molecule has 74 valence electrons. The third-order valence-corrected chi connectivity index (χ3v) is 4.47. The standard InChI is InChI=1S/C7H8Cl2O2S2/c1-13(10,11)4-6(9)7-5(8)2-3-12-7/h2-3,6H,4H2,1H3. The first-order valence-corrected chi connectivity index (χ1v) is 7.20. The third-order valence-electron chi connectivity index (χ3n) is 1.38. The predicted molar refractivity (Wildman–Crippen MR) is 57.6 cm³/mol. The number of hydrogen-bond acceptors (Lipinski definition) is 3. The first kappa shape index (κ1) is 11.3. The lowest BCUT2D eigenvalue weighted by molar-refractivity contribution is 0.600. The van der Waals surface area contributed by atoms with Gasteiger partial charge in [0.05, 0.1) is 16.2 Å². The van der Waals surface area contributed by atoms with Gasteiger partial charge in [0, 0.05) is 11.1 Å². The Morgan fingerprint density at radius 1 is 1.62 bits per heavy atom. The number of hydrogen-bond donors (Lipinski definition) is 0. The van der Waals surface area contributed by atoms with E-state index in [2.05, 4.69) is 0 Å². The van der Waals surface area contributed by atoms with E-state index in [0.717, 1.165) is 6.26 Å². The normalized spacial score (nSPS) is 14.4. The fourth-order valence-electron chi connectivity index (χ4n) is 0.870. The van der Waals surface area contributed by atoms with Crippen LogP contribution in [-0.4, -0.2) is 20.4 Å². The first-order valence-electron chi connectivity index (χ1n) is 3.45. The molecule has 0 N–H and O–H groups in total. The van der Waals surface area contributed by atoms with E-state index in [9.17, 15) is 8.42 Å². The van der Waals surface area contributed by atoms with Crippen LogP contribution in [0.1, 0.15) is 10.3 Å². The van der Waals surface area contributed by atoms with E-state index < -0.39 is 15.2 Å². The van der Waals surface area contributed by atoms with Crippen LogP contribution in [0.5, 0.6) is 0 Å². The number of rotatable bonds is 3. The fraction of sp³-hybridized carbons (Fsp3) is 0.429. The first-order chi connectivity index (χ1) is 5.90. The van der Waals surface area contributed by atoms with Gasteiger partial charge in [-0.25, -0.2) is 8.42 Å². The van der Waals surface area contributed by atoms with Crippen LogP contribution in [-0.2, 0) is 9.84 Å². The van der Waals surface area contributed by atoms with Crippen molar-refractivity contribution in [1.29, 1.82) is 0 Å². The van der Waals surface area contributed by atoms with E-state index in [0.29, 0.717) is 9.90 Å². The van der Waals surface area contributed by atoms with E-state index >= 15 is 0 Å². The lowest BCUT2D eigenvalue weighted by atomic mass is 10.4. The molecule has 0 aliphatic carbocycles. The number of thiophene rings is 1. The van der Waals surface area contributed by atoms with Crippen LogP contribution in [0.2, 0.25) is 5.02 Å². The zero-order chi connectivity index (χ0) is 10.1. The van der Waals surface area contributed by atoms with E-state index in [1.807, 2.05) is 0 Å². The maximum Gasteiger partial charge on any atom is 0.149 e. The Morgan fingerprint density at radius 2 is 2.23 bits per heavy atom. The molecule has 0 amide bonds. The molecule has 6 heteroatoms. The van der Waals surface area contributed by atoms with Gasteiger partial charge in [-0.05, 0) is 11.4 Å². The second kappa shape index (κ2) is 4.17. The summed E-state index contributed by atoms with van der Waals surface area (Å²) in [5.41, 5.74) is 0. The van der Waals surface area contributed by atoms with Gasteiger partial charge in [-0.15, -0.1) is 22.9 Å². The molecule has 0 saturated carbocycles. The second-order valence-electron chi connectivity index (χ2n) is 2.69. The van der Waals surface area contributed by atoms with E-state index in [4.69, 9.17) is 23.2 Å². The van der Waals surface area contributed by atoms with Gasteiger partial charge >= 0.3 is 0 Å². The smallest absolute Gasteiger partial charge is 0.149 e. The van der Waals surface area contributed by atoms with Crippen molar-refractivity contribution < 1.29 is 8.42 Å². The minimum Gasteiger partial charge on any atom is -0.229 e. The van der Waals surface area contributed by atoms with Crippen molar-refractivity contribution >= 4 is 44.4 Å². The molecule has 0 aliphatic rings. The Kier molecular flexibility index (Phi) is 3.63. The average Bonchev–Trinajstić information content (AvgIpc) is 2.30. The molecule has 0 spiro atoms. The monoisotopic (exact) mass is 258 g/mol. The lowest BCUT2D eigenvalue weighted by Crippen LogP contribution is -2.08. The third kappa shape index (κ3) is 3.46. The number of halogens is 2. The van der Waals surface area contributed by atoms with Crippen molar-refractivity contribution in [2.75, 3.05) is 12.0 Å². The summed E-state index contributed by atoms with van der Waals surface area (Å²) in [5.74, 6) is -0.0746. The van der Waals surface area contributed by atoms with Gasteiger partial charge < -0.3 is 0 Å². The molecule has 1 unspecified atom stereocenters.